The highest BCUT2D eigenvalue weighted by Gasteiger charge is 2.51. The Morgan fingerprint density at radius 1 is 0.706 bits per heavy atom. The number of carbonyl (C=O) groups excluding carboxylic acids is 2. The molecule has 3 aliphatic rings. The second-order valence-corrected chi connectivity index (χ2v) is 18.2. The van der Waals surface area contributed by atoms with E-state index in [0.29, 0.717) is 0 Å². The highest BCUT2D eigenvalue weighted by molar-refractivity contribution is 5.80. The molecule has 0 aromatic rings. The average molecular weight is 967 g/mol. The van der Waals surface area contributed by atoms with Gasteiger partial charge in [0.25, 0.3) is 0 Å². The lowest BCUT2D eigenvalue weighted by atomic mass is 9.82. The van der Waals surface area contributed by atoms with Crippen molar-refractivity contribution in [3.8, 4) is 0 Å². The number of hydrogen-bond donors (Lipinski definition) is 13. The SMILES string of the molecule is C[C@@H]1[C@H](O)[C@@H](C)/C=C/C=C/C=C/C=C/C=C/C=C/C=C/[C@H](O[C@@H]2O[C@H](C)[C@@H](O)[C@H](N)[C@@H]2O)C[C@@H]2O[C@](O)(C[C@@H](O)C[C@@H](O)[C@H](O)CC[C@@H](O)C[C@@H](O)CC(=O)O[C@H]1C)C[C@H](O)[C@H]2C(=O)NCCO. The molecule has 2 saturated heterocycles. The number of allylic oxidation sites excluding steroid dienone is 12. The van der Waals surface area contributed by atoms with Crippen LogP contribution in [0.2, 0.25) is 0 Å². The maximum absolute atomic E-state index is 13.4. The van der Waals surface area contributed by atoms with Crippen LogP contribution in [0.4, 0.5) is 0 Å². The highest BCUT2D eigenvalue weighted by atomic mass is 16.7. The molecule has 0 aromatic carbocycles. The van der Waals surface area contributed by atoms with Crippen LogP contribution in [0.1, 0.15) is 79.1 Å². The second-order valence-electron chi connectivity index (χ2n) is 18.2. The number of cyclic esters (lactones) is 1. The van der Waals surface area contributed by atoms with E-state index in [4.69, 9.17) is 24.7 Å². The van der Waals surface area contributed by atoms with Crippen molar-refractivity contribution in [3.05, 3.63) is 85.1 Å². The highest BCUT2D eigenvalue weighted by Crippen LogP contribution is 2.38. The summed E-state index contributed by atoms with van der Waals surface area (Å²) >= 11 is 0. The van der Waals surface area contributed by atoms with E-state index in [1.807, 2.05) is 31.2 Å². The second kappa shape index (κ2) is 29.6. The summed E-state index contributed by atoms with van der Waals surface area (Å²) in [5, 5.41) is 121. The third-order valence-electron chi connectivity index (χ3n) is 12.5. The molecule has 0 saturated carbocycles. The number of hydrogen-bond acceptors (Lipinski definition) is 18. The molecule has 19 nitrogen and oxygen atoms in total. The number of ether oxygens (including phenoxy) is 4. The largest absolute Gasteiger partial charge is 0.462 e. The monoisotopic (exact) mass is 967 g/mol. The number of esters is 1. The molecular weight excluding hydrogens is 889 g/mol. The number of aliphatic hydroxyl groups is 11. The summed E-state index contributed by atoms with van der Waals surface area (Å²) in [5.74, 6) is -5.83. The maximum Gasteiger partial charge on any atom is 0.308 e. The van der Waals surface area contributed by atoms with Crippen LogP contribution in [0, 0.1) is 17.8 Å². The van der Waals surface area contributed by atoms with Gasteiger partial charge in [0.15, 0.2) is 12.1 Å². The van der Waals surface area contributed by atoms with Crippen molar-refractivity contribution >= 4 is 11.9 Å². The summed E-state index contributed by atoms with van der Waals surface area (Å²) in [6.07, 6.45) is 4.15. The lowest BCUT2D eigenvalue weighted by Crippen LogP contribution is -2.62. The first-order chi connectivity index (χ1) is 32.2. The number of nitrogens with one attached hydrogen (secondary N) is 1. The molecule has 0 aliphatic carbocycles. The van der Waals surface area contributed by atoms with Crippen molar-refractivity contribution in [1.82, 2.24) is 5.32 Å². The number of carbonyl (C=O) groups is 2. The topological polar surface area (TPSA) is 332 Å². The number of aliphatic hydroxyl groups excluding tert-OH is 10. The minimum Gasteiger partial charge on any atom is -0.462 e. The molecular formula is C49H78N2O17. The van der Waals surface area contributed by atoms with Gasteiger partial charge in [-0.25, -0.2) is 0 Å². The smallest absolute Gasteiger partial charge is 0.308 e. The van der Waals surface area contributed by atoms with Crippen LogP contribution in [0.3, 0.4) is 0 Å². The number of nitrogens with two attached hydrogens (primary N) is 1. The van der Waals surface area contributed by atoms with Crippen molar-refractivity contribution < 1.29 is 84.7 Å². The van der Waals surface area contributed by atoms with Gasteiger partial charge < -0.3 is 86.2 Å². The van der Waals surface area contributed by atoms with E-state index in [2.05, 4.69) is 5.32 Å². The summed E-state index contributed by atoms with van der Waals surface area (Å²) in [7, 11) is 0. The molecule has 1 amide bonds. The first-order valence-electron chi connectivity index (χ1n) is 23.5. The fourth-order valence-corrected chi connectivity index (χ4v) is 8.29. The molecule has 3 heterocycles. The van der Waals surface area contributed by atoms with Crippen LogP contribution >= 0.6 is 0 Å². The molecule has 0 radical (unpaired) electrons. The summed E-state index contributed by atoms with van der Waals surface area (Å²) < 4.78 is 23.5. The van der Waals surface area contributed by atoms with Gasteiger partial charge in [0, 0.05) is 44.1 Å². The maximum atomic E-state index is 13.4. The summed E-state index contributed by atoms with van der Waals surface area (Å²) in [6.45, 7) is 6.19. The lowest BCUT2D eigenvalue weighted by Gasteiger charge is -2.46. The molecule has 14 N–H and O–H groups in total. The fourth-order valence-electron chi connectivity index (χ4n) is 8.29. The minimum atomic E-state index is -2.30. The van der Waals surface area contributed by atoms with Crippen LogP contribution in [0.15, 0.2) is 85.1 Å². The molecule has 3 rings (SSSR count). The van der Waals surface area contributed by atoms with Gasteiger partial charge in [0.05, 0.1) is 92.1 Å². The standard InChI is InChI=1S/C49H78N2O17/c1-29-17-15-13-11-9-7-5-6-8-10-12-14-16-18-36(67-48-46(62)43(50)45(61)32(4)66-48)26-40-42(47(63)51-21-22-52)39(58)28-49(64,68-40)27-35(55)24-38(57)37(56)20-19-33(53)23-34(54)25-41(59)65-31(3)30(2)44(29)60/h5-18,29-40,42-46,48,52-58,60-62,64H,19-28,50H2,1-4H3,(H,51,63)/b6-5+,9-7+,10-8+,13-11+,14-12+,17-15+,18-16+/t29-,30-,31-,32+,33+,34+,35-,36-,37+,38+,39-,40-,42+,43-,44+,45+,46-,48-,49+/m0/s1. The molecule has 386 valence electrons. The third kappa shape index (κ3) is 19.7. The Kier molecular flexibility index (Phi) is 25.6. The van der Waals surface area contributed by atoms with Crippen molar-refractivity contribution in [3.63, 3.8) is 0 Å². The quantitative estimate of drug-likeness (QED) is 0.158. The van der Waals surface area contributed by atoms with Gasteiger partial charge in [-0.3, -0.25) is 9.59 Å². The van der Waals surface area contributed by atoms with Gasteiger partial charge in [0.2, 0.25) is 5.91 Å². The van der Waals surface area contributed by atoms with Crippen LogP contribution in [-0.4, -0.2) is 179 Å². The molecule has 19 heteroatoms. The molecule has 68 heavy (non-hydrogen) atoms. The van der Waals surface area contributed by atoms with Crippen molar-refractivity contribution in [1.29, 1.82) is 0 Å². The molecule has 0 spiro atoms. The zero-order valence-corrected chi connectivity index (χ0v) is 39.5. The molecule has 3 aliphatic heterocycles. The fraction of sp³-hybridized carbons (Fsp3) is 0.673. The van der Waals surface area contributed by atoms with Crippen molar-refractivity contribution in [2.45, 2.75) is 177 Å². The van der Waals surface area contributed by atoms with Gasteiger partial charge in [-0.15, -0.1) is 0 Å². The Morgan fingerprint density at radius 2 is 1.29 bits per heavy atom. The van der Waals surface area contributed by atoms with Crippen molar-refractivity contribution in [2.75, 3.05) is 13.2 Å². The van der Waals surface area contributed by atoms with Crippen molar-refractivity contribution in [2.24, 2.45) is 23.5 Å². The first-order valence-corrected chi connectivity index (χ1v) is 23.5. The van der Waals surface area contributed by atoms with E-state index in [1.54, 1.807) is 81.5 Å². The summed E-state index contributed by atoms with van der Waals surface area (Å²) in [4.78, 5) is 26.1. The Bertz CT molecular complexity index is 1720. The zero-order valence-electron chi connectivity index (χ0n) is 39.5. The van der Waals surface area contributed by atoms with Gasteiger partial charge >= 0.3 is 5.97 Å². The number of rotatable bonds is 5. The van der Waals surface area contributed by atoms with Crippen LogP contribution in [-0.2, 0) is 28.5 Å². The predicted molar refractivity (Wildman–Crippen MR) is 249 cm³/mol. The Hall–Kier alpha value is -3.48. The molecule has 2 fully saturated rings. The van der Waals surface area contributed by atoms with Crippen LogP contribution in [0.25, 0.3) is 0 Å². The van der Waals surface area contributed by atoms with E-state index >= 15 is 0 Å². The van der Waals surface area contributed by atoms with Crippen LogP contribution in [0.5, 0.6) is 0 Å². The van der Waals surface area contributed by atoms with Gasteiger partial charge in [-0.2, -0.15) is 0 Å². The van der Waals surface area contributed by atoms with Gasteiger partial charge in [-0.05, 0) is 33.1 Å². The number of amides is 1. The van der Waals surface area contributed by atoms with E-state index in [0.717, 1.165) is 0 Å². The molecule has 19 atom stereocenters. The van der Waals surface area contributed by atoms with E-state index in [1.165, 1.54) is 0 Å². The summed E-state index contributed by atoms with van der Waals surface area (Å²) in [5.41, 5.74) is 6.07. The van der Waals surface area contributed by atoms with Gasteiger partial charge in [-0.1, -0.05) is 98.9 Å². The molecule has 2 bridgehead atoms. The van der Waals surface area contributed by atoms with E-state index in [9.17, 15) is 65.8 Å². The Labute approximate surface area is 399 Å². The predicted octanol–water partition coefficient (Wildman–Crippen LogP) is -0.264. The molecule has 0 unspecified atom stereocenters. The van der Waals surface area contributed by atoms with Crippen LogP contribution < -0.4 is 11.1 Å². The molecule has 0 aromatic heterocycles. The zero-order chi connectivity index (χ0) is 50.6. The van der Waals surface area contributed by atoms with E-state index < -0.39 is 153 Å². The summed E-state index contributed by atoms with van der Waals surface area (Å²) in [6, 6.07) is -1.14. The third-order valence-corrected chi connectivity index (χ3v) is 12.5. The number of fused-ring (bicyclic) bond motifs is 2. The Balaban J connectivity index is 1.91. The van der Waals surface area contributed by atoms with Gasteiger partial charge in [0.1, 0.15) is 12.2 Å². The van der Waals surface area contributed by atoms with E-state index in [-0.39, 0.29) is 38.1 Å². The average Bonchev–Trinajstić information content (AvgIpc) is 3.26. The minimum absolute atomic E-state index is 0.104. The first kappa shape index (κ1) is 58.8. The lowest BCUT2D eigenvalue weighted by molar-refractivity contribution is -0.307. The Morgan fingerprint density at radius 3 is 1.90 bits per heavy atom. The normalized spacial score (nSPS) is 44.0.